The van der Waals surface area contributed by atoms with Gasteiger partial charge in [0.25, 0.3) is 0 Å². The molecule has 15 heavy (non-hydrogen) atoms. The average molecular weight is 206 g/mol. The van der Waals surface area contributed by atoms with Crippen molar-refractivity contribution in [3.05, 3.63) is 23.0 Å². The Balaban J connectivity index is 3.40. The Hall–Kier alpha value is -1.05. The summed E-state index contributed by atoms with van der Waals surface area (Å²) in [5.41, 5.74) is 4.90. The number of pyridine rings is 1. The molecule has 0 aromatic carbocycles. The summed E-state index contributed by atoms with van der Waals surface area (Å²) in [5, 5.41) is 3.27. The molecule has 0 aliphatic rings. The van der Waals surface area contributed by atoms with Gasteiger partial charge in [-0.3, -0.25) is 4.98 Å². The number of rotatable bonds is 3. The second-order valence-corrected chi connectivity index (χ2v) is 4.67. The summed E-state index contributed by atoms with van der Waals surface area (Å²) in [4.78, 5) is 4.66. The van der Waals surface area contributed by atoms with E-state index in [4.69, 9.17) is 0 Å². The summed E-state index contributed by atoms with van der Waals surface area (Å²) < 4.78 is 0. The fourth-order valence-corrected chi connectivity index (χ4v) is 1.96. The maximum absolute atomic E-state index is 4.66. The van der Waals surface area contributed by atoms with E-state index in [0.717, 1.165) is 5.69 Å². The summed E-state index contributed by atoms with van der Waals surface area (Å²) in [7, 11) is 1.98. The molecule has 0 aliphatic carbocycles. The van der Waals surface area contributed by atoms with Crippen molar-refractivity contribution >= 4 is 5.69 Å². The van der Waals surface area contributed by atoms with Gasteiger partial charge in [-0.15, -0.1) is 0 Å². The third-order valence-electron chi connectivity index (χ3n) is 2.61. The van der Waals surface area contributed by atoms with Crippen LogP contribution in [0.4, 0.5) is 5.69 Å². The van der Waals surface area contributed by atoms with Crippen molar-refractivity contribution in [3.63, 3.8) is 0 Å². The maximum Gasteiger partial charge on any atom is 0.0487 e. The zero-order valence-corrected chi connectivity index (χ0v) is 10.7. The maximum atomic E-state index is 4.66. The molecule has 0 saturated carbocycles. The van der Waals surface area contributed by atoms with E-state index in [1.807, 2.05) is 7.05 Å². The minimum absolute atomic E-state index is 0.481. The van der Waals surface area contributed by atoms with Gasteiger partial charge in [0.05, 0.1) is 0 Å². The molecule has 0 bridgehead atoms. The Labute approximate surface area is 93.1 Å². The molecule has 1 N–H and O–H groups in total. The van der Waals surface area contributed by atoms with Crippen LogP contribution < -0.4 is 5.32 Å². The van der Waals surface area contributed by atoms with E-state index >= 15 is 0 Å². The fourth-order valence-electron chi connectivity index (χ4n) is 1.96. The van der Waals surface area contributed by atoms with Crippen molar-refractivity contribution < 1.29 is 0 Å². The van der Waals surface area contributed by atoms with Crippen LogP contribution >= 0.6 is 0 Å². The van der Waals surface area contributed by atoms with Gasteiger partial charge in [-0.1, -0.05) is 27.7 Å². The van der Waals surface area contributed by atoms with Crippen LogP contribution in [0, 0.1) is 6.92 Å². The normalized spacial score (nSPS) is 11.2. The lowest BCUT2D eigenvalue weighted by Gasteiger charge is -2.19. The molecular formula is C13H22N2. The van der Waals surface area contributed by atoms with Gasteiger partial charge in [-0.05, 0) is 30.4 Å². The highest BCUT2D eigenvalue weighted by Gasteiger charge is 2.16. The monoisotopic (exact) mass is 206 g/mol. The molecule has 0 unspecified atom stereocenters. The van der Waals surface area contributed by atoms with E-state index in [0.29, 0.717) is 11.8 Å². The highest BCUT2D eigenvalue weighted by atomic mass is 14.8. The Bertz CT molecular complexity index is 341. The SMILES string of the molecule is CNc1cc(C)nc(C(C)C)c1C(C)C. The van der Waals surface area contributed by atoms with Crippen LogP contribution in [0.3, 0.4) is 0 Å². The predicted molar refractivity (Wildman–Crippen MR) is 66.7 cm³/mol. The number of hydrogen-bond acceptors (Lipinski definition) is 2. The molecule has 0 fully saturated rings. The Morgan fingerprint density at radius 2 is 1.73 bits per heavy atom. The van der Waals surface area contributed by atoms with Crippen LogP contribution in [0.25, 0.3) is 0 Å². The first-order valence-electron chi connectivity index (χ1n) is 5.66. The van der Waals surface area contributed by atoms with Gasteiger partial charge in [0.2, 0.25) is 0 Å². The fraction of sp³-hybridized carbons (Fsp3) is 0.615. The predicted octanol–water partition coefficient (Wildman–Crippen LogP) is 3.68. The van der Waals surface area contributed by atoms with Crippen molar-refractivity contribution in [2.75, 3.05) is 12.4 Å². The zero-order chi connectivity index (χ0) is 11.6. The van der Waals surface area contributed by atoms with Crippen LogP contribution in [0.15, 0.2) is 6.07 Å². The molecule has 0 aliphatic heterocycles. The van der Waals surface area contributed by atoms with Gasteiger partial charge in [0, 0.05) is 24.1 Å². The third kappa shape index (κ3) is 2.49. The van der Waals surface area contributed by atoms with Crippen molar-refractivity contribution in [2.24, 2.45) is 0 Å². The number of aryl methyl sites for hydroxylation is 1. The second-order valence-electron chi connectivity index (χ2n) is 4.67. The molecule has 0 saturated heterocycles. The van der Waals surface area contributed by atoms with Crippen molar-refractivity contribution in [3.8, 4) is 0 Å². The highest BCUT2D eigenvalue weighted by Crippen LogP contribution is 2.31. The minimum atomic E-state index is 0.481. The summed E-state index contributed by atoms with van der Waals surface area (Å²) in [6.07, 6.45) is 0. The number of aromatic nitrogens is 1. The standard InChI is InChI=1S/C13H22N2/c1-8(2)12-11(14-6)7-10(5)15-13(12)9(3)4/h7-9H,1-6H3,(H,14,15). The molecule has 84 valence electrons. The molecule has 1 rings (SSSR count). The van der Waals surface area contributed by atoms with Crippen LogP contribution in [0.1, 0.15) is 56.5 Å². The van der Waals surface area contributed by atoms with Gasteiger partial charge in [-0.2, -0.15) is 0 Å². The highest BCUT2D eigenvalue weighted by molar-refractivity contribution is 5.55. The van der Waals surface area contributed by atoms with Gasteiger partial charge in [0.1, 0.15) is 0 Å². The van der Waals surface area contributed by atoms with Gasteiger partial charge < -0.3 is 5.32 Å². The lowest BCUT2D eigenvalue weighted by molar-refractivity contribution is 0.754. The summed E-state index contributed by atoms with van der Waals surface area (Å²) in [5.74, 6) is 0.993. The van der Waals surface area contributed by atoms with Gasteiger partial charge >= 0.3 is 0 Å². The Kier molecular flexibility index (Phi) is 3.72. The van der Waals surface area contributed by atoms with E-state index in [1.165, 1.54) is 16.9 Å². The van der Waals surface area contributed by atoms with E-state index in [9.17, 15) is 0 Å². The molecular weight excluding hydrogens is 184 g/mol. The third-order valence-corrected chi connectivity index (χ3v) is 2.61. The summed E-state index contributed by atoms with van der Waals surface area (Å²) in [6.45, 7) is 10.9. The zero-order valence-electron chi connectivity index (χ0n) is 10.7. The summed E-state index contributed by atoms with van der Waals surface area (Å²) in [6, 6.07) is 2.13. The first-order chi connectivity index (χ1) is 6.97. The van der Waals surface area contributed by atoms with Crippen LogP contribution in [-0.4, -0.2) is 12.0 Å². The van der Waals surface area contributed by atoms with E-state index in [-0.39, 0.29) is 0 Å². The van der Waals surface area contributed by atoms with Crippen molar-refractivity contribution in [1.82, 2.24) is 4.98 Å². The topological polar surface area (TPSA) is 24.9 Å². The van der Waals surface area contributed by atoms with Crippen molar-refractivity contribution in [2.45, 2.75) is 46.5 Å². The second kappa shape index (κ2) is 4.65. The molecule has 0 radical (unpaired) electrons. The molecule has 2 heteroatoms. The van der Waals surface area contributed by atoms with Crippen LogP contribution in [0.5, 0.6) is 0 Å². The summed E-state index contributed by atoms with van der Waals surface area (Å²) >= 11 is 0. The molecule has 0 amide bonds. The lowest BCUT2D eigenvalue weighted by atomic mass is 9.93. The first-order valence-corrected chi connectivity index (χ1v) is 5.66. The molecule has 1 aromatic rings. The first kappa shape index (κ1) is 12.0. The molecule has 1 aromatic heterocycles. The molecule has 2 nitrogen and oxygen atoms in total. The van der Waals surface area contributed by atoms with Crippen molar-refractivity contribution in [1.29, 1.82) is 0 Å². The lowest BCUT2D eigenvalue weighted by Crippen LogP contribution is -2.07. The van der Waals surface area contributed by atoms with E-state index in [1.54, 1.807) is 0 Å². The minimum Gasteiger partial charge on any atom is -0.388 e. The van der Waals surface area contributed by atoms with Gasteiger partial charge in [-0.25, -0.2) is 0 Å². The van der Waals surface area contributed by atoms with Crippen LogP contribution in [0.2, 0.25) is 0 Å². The quantitative estimate of drug-likeness (QED) is 0.816. The molecule has 0 spiro atoms. The molecule has 1 heterocycles. The number of hydrogen-bond donors (Lipinski definition) is 1. The number of nitrogens with zero attached hydrogens (tertiary/aromatic N) is 1. The average Bonchev–Trinajstić information content (AvgIpc) is 2.15. The van der Waals surface area contributed by atoms with Crippen LogP contribution in [-0.2, 0) is 0 Å². The van der Waals surface area contributed by atoms with E-state index in [2.05, 4.69) is 51.0 Å². The van der Waals surface area contributed by atoms with Gasteiger partial charge in [0.15, 0.2) is 0 Å². The Morgan fingerprint density at radius 1 is 1.13 bits per heavy atom. The molecule has 0 atom stereocenters. The Morgan fingerprint density at radius 3 is 2.13 bits per heavy atom. The van der Waals surface area contributed by atoms with E-state index < -0.39 is 0 Å². The largest absolute Gasteiger partial charge is 0.388 e. The smallest absolute Gasteiger partial charge is 0.0487 e. The number of anilines is 1. The number of nitrogens with one attached hydrogen (secondary N) is 1.